The van der Waals surface area contributed by atoms with E-state index >= 15 is 0 Å². The zero-order chi connectivity index (χ0) is 14.8. The second-order valence-corrected chi connectivity index (χ2v) is 7.44. The Kier molecular flexibility index (Phi) is 4.82. The summed E-state index contributed by atoms with van der Waals surface area (Å²) in [7, 11) is -3.50. The molecule has 0 spiro atoms. The summed E-state index contributed by atoms with van der Waals surface area (Å²) < 4.78 is 27.2. The molecule has 1 saturated carbocycles. The molecule has 0 saturated heterocycles. The molecule has 1 heterocycles. The van der Waals surface area contributed by atoms with Crippen molar-refractivity contribution in [2.45, 2.75) is 51.2 Å². The minimum atomic E-state index is -3.50. The van der Waals surface area contributed by atoms with Gasteiger partial charge < -0.3 is 5.32 Å². The molecule has 1 aliphatic rings. The van der Waals surface area contributed by atoms with Gasteiger partial charge in [-0.3, -0.25) is 5.10 Å². The molecule has 0 radical (unpaired) electrons. The molecule has 20 heavy (non-hydrogen) atoms. The van der Waals surface area contributed by atoms with E-state index in [-0.39, 0.29) is 11.1 Å². The topological polar surface area (TPSA) is 78.1 Å². The predicted molar refractivity (Wildman–Crippen MR) is 77.7 cm³/mol. The maximum Gasteiger partial charge on any atom is 0.260 e. The van der Waals surface area contributed by atoms with Gasteiger partial charge in [0.1, 0.15) is 0 Å². The Morgan fingerprint density at radius 2 is 2.20 bits per heavy atom. The lowest BCUT2D eigenvalue weighted by Crippen LogP contribution is -2.39. The van der Waals surface area contributed by atoms with Crippen LogP contribution in [0.1, 0.15) is 39.2 Å². The highest BCUT2D eigenvalue weighted by Crippen LogP contribution is 2.32. The van der Waals surface area contributed by atoms with Gasteiger partial charge in [-0.25, -0.2) is 8.42 Å². The molecule has 1 fully saturated rings. The van der Waals surface area contributed by atoms with E-state index in [9.17, 15) is 8.42 Å². The molecule has 1 aromatic rings. The third-order valence-electron chi connectivity index (χ3n) is 3.52. The lowest BCUT2D eigenvalue weighted by molar-refractivity contribution is 0.340. The Morgan fingerprint density at radius 3 is 2.75 bits per heavy atom. The molecule has 6 nitrogen and oxygen atoms in total. The molecule has 0 atom stereocenters. The van der Waals surface area contributed by atoms with Gasteiger partial charge in [-0.2, -0.15) is 9.40 Å². The van der Waals surface area contributed by atoms with Crippen LogP contribution in [0.5, 0.6) is 0 Å². The summed E-state index contributed by atoms with van der Waals surface area (Å²) in [5.74, 6) is 0.521. The molecule has 0 bridgehead atoms. The van der Waals surface area contributed by atoms with Gasteiger partial charge in [0, 0.05) is 24.7 Å². The van der Waals surface area contributed by atoms with Crippen molar-refractivity contribution in [3.05, 3.63) is 11.8 Å². The zero-order valence-electron chi connectivity index (χ0n) is 12.4. The molecule has 1 aromatic heterocycles. The van der Waals surface area contributed by atoms with Crippen LogP contribution in [-0.4, -0.2) is 42.1 Å². The third kappa shape index (κ3) is 3.39. The first-order valence-electron chi connectivity index (χ1n) is 7.21. The van der Waals surface area contributed by atoms with E-state index in [2.05, 4.69) is 15.5 Å². The number of aromatic nitrogens is 2. The number of sulfonamides is 1. The largest absolute Gasteiger partial charge is 0.313 e. The van der Waals surface area contributed by atoms with Crippen molar-refractivity contribution < 1.29 is 8.42 Å². The van der Waals surface area contributed by atoms with E-state index in [4.69, 9.17) is 0 Å². The van der Waals surface area contributed by atoms with E-state index in [0.29, 0.717) is 24.6 Å². The van der Waals surface area contributed by atoms with Crippen LogP contribution in [0.2, 0.25) is 0 Å². The molecule has 1 aliphatic carbocycles. The van der Waals surface area contributed by atoms with Crippen molar-refractivity contribution in [3.63, 3.8) is 0 Å². The molecule has 2 N–H and O–H groups in total. The maximum atomic E-state index is 12.8. The van der Waals surface area contributed by atoms with Crippen LogP contribution >= 0.6 is 0 Å². The lowest BCUT2D eigenvalue weighted by Gasteiger charge is -2.25. The first-order chi connectivity index (χ1) is 9.46. The highest BCUT2D eigenvalue weighted by Gasteiger charge is 2.35. The van der Waals surface area contributed by atoms with E-state index < -0.39 is 10.0 Å². The average Bonchev–Trinajstić information content (AvgIpc) is 3.08. The molecule has 114 valence electrons. The Morgan fingerprint density at radius 1 is 1.50 bits per heavy atom. The van der Waals surface area contributed by atoms with Crippen LogP contribution in [0.25, 0.3) is 0 Å². The van der Waals surface area contributed by atoms with Crippen LogP contribution in [0.4, 0.5) is 0 Å². The van der Waals surface area contributed by atoms with Gasteiger partial charge in [-0.05, 0) is 39.2 Å². The minimum absolute atomic E-state index is 0.0455. The lowest BCUT2D eigenvalue weighted by atomic mass is 10.3. The summed E-state index contributed by atoms with van der Waals surface area (Å²) in [6, 6.07) is -0.0455. The standard InChI is InChI=1S/C13H24N4O2S/c1-4-14-7-12-8-15-16-13(12)20(18,19)17(10(2)3)9-11-5-6-11/h8,10-11,14H,4-7,9H2,1-3H3,(H,15,16). The first kappa shape index (κ1) is 15.5. The summed E-state index contributed by atoms with van der Waals surface area (Å²) in [4.78, 5) is 0. The van der Waals surface area contributed by atoms with Gasteiger partial charge in [0.25, 0.3) is 10.0 Å². The third-order valence-corrected chi connectivity index (χ3v) is 5.58. The summed E-state index contributed by atoms with van der Waals surface area (Å²) in [6.45, 7) is 7.74. The Balaban J connectivity index is 2.24. The molecule has 0 aromatic carbocycles. The van der Waals surface area contributed by atoms with Gasteiger partial charge in [0.2, 0.25) is 0 Å². The van der Waals surface area contributed by atoms with Gasteiger partial charge >= 0.3 is 0 Å². The number of rotatable bonds is 8. The number of nitrogens with one attached hydrogen (secondary N) is 2. The molecule has 7 heteroatoms. The van der Waals surface area contributed by atoms with Gasteiger partial charge in [0.05, 0.1) is 6.20 Å². The highest BCUT2D eigenvalue weighted by atomic mass is 32.2. The average molecular weight is 300 g/mol. The molecule has 0 unspecified atom stereocenters. The van der Waals surface area contributed by atoms with Gasteiger partial charge in [-0.15, -0.1) is 0 Å². The Hall–Kier alpha value is -0.920. The number of aromatic amines is 1. The van der Waals surface area contributed by atoms with Crippen LogP contribution in [-0.2, 0) is 16.6 Å². The number of hydrogen-bond acceptors (Lipinski definition) is 4. The van der Waals surface area contributed by atoms with Crippen LogP contribution in [0.3, 0.4) is 0 Å². The second kappa shape index (κ2) is 6.24. The molecular formula is C13H24N4O2S. The fourth-order valence-electron chi connectivity index (χ4n) is 2.17. The van der Waals surface area contributed by atoms with Crippen molar-refractivity contribution in [2.24, 2.45) is 5.92 Å². The fraction of sp³-hybridized carbons (Fsp3) is 0.769. The smallest absolute Gasteiger partial charge is 0.260 e. The summed E-state index contributed by atoms with van der Waals surface area (Å²) in [5.41, 5.74) is 0.702. The van der Waals surface area contributed by atoms with E-state index in [1.54, 1.807) is 10.5 Å². The summed E-state index contributed by atoms with van der Waals surface area (Å²) in [6.07, 6.45) is 3.85. The van der Waals surface area contributed by atoms with Crippen molar-refractivity contribution in [1.29, 1.82) is 0 Å². The normalized spacial score (nSPS) is 16.2. The van der Waals surface area contributed by atoms with E-state index in [0.717, 1.165) is 19.4 Å². The molecular weight excluding hydrogens is 276 g/mol. The minimum Gasteiger partial charge on any atom is -0.313 e. The predicted octanol–water partition coefficient (Wildman–Crippen LogP) is 1.33. The Labute approximate surface area is 121 Å². The number of nitrogens with zero attached hydrogens (tertiary/aromatic N) is 2. The van der Waals surface area contributed by atoms with Gasteiger partial charge in [-0.1, -0.05) is 6.92 Å². The SMILES string of the molecule is CCNCc1cn[nH]c1S(=O)(=O)N(CC1CC1)C(C)C. The van der Waals surface area contributed by atoms with Crippen molar-refractivity contribution >= 4 is 10.0 Å². The van der Waals surface area contributed by atoms with Crippen LogP contribution < -0.4 is 5.32 Å². The Bertz CT molecular complexity index is 534. The second-order valence-electron chi connectivity index (χ2n) is 5.62. The maximum absolute atomic E-state index is 12.8. The van der Waals surface area contributed by atoms with Crippen molar-refractivity contribution in [2.75, 3.05) is 13.1 Å². The summed E-state index contributed by atoms with van der Waals surface area (Å²) in [5, 5.41) is 9.94. The van der Waals surface area contributed by atoms with Gasteiger partial charge in [0.15, 0.2) is 5.03 Å². The monoisotopic (exact) mass is 300 g/mol. The zero-order valence-corrected chi connectivity index (χ0v) is 13.2. The fourth-order valence-corrected chi connectivity index (χ4v) is 3.99. The molecule has 2 rings (SSSR count). The number of H-pyrrole nitrogens is 1. The molecule has 0 aliphatic heterocycles. The van der Waals surface area contributed by atoms with Crippen molar-refractivity contribution in [1.82, 2.24) is 19.8 Å². The number of hydrogen-bond donors (Lipinski definition) is 2. The quantitative estimate of drug-likeness (QED) is 0.759. The van der Waals surface area contributed by atoms with E-state index in [1.807, 2.05) is 20.8 Å². The van der Waals surface area contributed by atoms with E-state index in [1.165, 1.54) is 0 Å². The van der Waals surface area contributed by atoms with Crippen molar-refractivity contribution in [3.8, 4) is 0 Å². The highest BCUT2D eigenvalue weighted by molar-refractivity contribution is 7.89. The first-order valence-corrected chi connectivity index (χ1v) is 8.65. The van der Waals surface area contributed by atoms with Crippen LogP contribution in [0, 0.1) is 5.92 Å². The summed E-state index contributed by atoms with van der Waals surface area (Å²) >= 11 is 0. The molecule has 0 amide bonds. The van der Waals surface area contributed by atoms with Crippen LogP contribution in [0.15, 0.2) is 11.2 Å².